The standard InChI is InChI=1S/C26H45NO7Si/c1-13-20-26(8,9)21(32-17(4)28)15-19(33-20)23(29)27-24(30)22(18(31-10)14-16(2)3)34-35(11,12)25(5,6)7/h1,18-23,29H,2,14-15H2,3-12H3,(H,27,30)/t18-,19-,20+,21+,22-,23?/m0/s1. The summed E-state index contributed by atoms with van der Waals surface area (Å²) in [6, 6.07) is 0. The molecule has 1 unspecified atom stereocenters. The van der Waals surface area contributed by atoms with Gasteiger partial charge in [0, 0.05) is 25.9 Å². The molecule has 0 bridgehead atoms. The summed E-state index contributed by atoms with van der Waals surface area (Å²) in [4.78, 5) is 25.1. The molecule has 1 aliphatic heterocycles. The van der Waals surface area contributed by atoms with Crippen LogP contribution in [0.4, 0.5) is 0 Å². The van der Waals surface area contributed by atoms with Crippen molar-refractivity contribution in [3.63, 3.8) is 0 Å². The largest absolute Gasteiger partial charge is 0.462 e. The van der Waals surface area contributed by atoms with Gasteiger partial charge in [-0.15, -0.1) is 13.0 Å². The Bertz CT molecular complexity index is 811. The van der Waals surface area contributed by atoms with Crippen LogP contribution in [0.15, 0.2) is 12.2 Å². The van der Waals surface area contributed by atoms with Gasteiger partial charge in [-0.05, 0) is 31.5 Å². The average molecular weight is 512 g/mol. The number of nitrogens with one attached hydrogen (secondary N) is 1. The molecule has 0 aromatic rings. The van der Waals surface area contributed by atoms with Gasteiger partial charge in [0.1, 0.15) is 18.3 Å². The lowest BCUT2D eigenvalue weighted by molar-refractivity contribution is -0.202. The summed E-state index contributed by atoms with van der Waals surface area (Å²) >= 11 is 0. The zero-order valence-corrected chi connectivity index (χ0v) is 24.1. The van der Waals surface area contributed by atoms with Gasteiger partial charge in [0.2, 0.25) is 0 Å². The number of aliphatic hydroxyl groups is 1. The van der Waals surface area contributed by atoms with Crippen LogP contribution in [0.5, 0.6) is 0 Å². The van der Waals surface area contributed by atoms with Gasteiger partial charge in [-0.3, -0.25) is 9.59 Å². The van der Waals surface area contributed by atoms with Crippen LogP contribution < -0.4 is 5.32 Å². The van der Waals surface area contributed by atoms with E-state index in [0.29, 0.717) is 6.42 Å². The number of terminal acetylenes is 1. The van der Waals surface area contributed by atoms with Crippen molar-refractivity contribution in [2.45, 2.75) is 116 Å². The van der Waals surface area contributed by atoms with Gasteiger partial charge >= 0.3 is 5.97 Å². The van der Waals surface area contributed by atoms with Crippen molar-refractivity contribution in [3.8, 4) is 12.3 Å². The molecule has 0 radical (unpaired) electrons. The second kappa shape index (κ2) is 12.0. The molecule has 1 aliphatic rings. The lowest BCUT2D eigenvalue weighted by atomic mass is 9.76. The Labute approximate surface area is 212 Å². The third kappa shape index (κ3) is 8.15. The highest BCUT2D eigenvalue weighted by atomic mass is 28.4. The topological polar surface area (TPSA) is 103 Å². The van der Waals surface area contributed by atoms with Crippen molar-refractivity contribution in [1.29, 1.82) is 0 Å². The summed E-state index contributed by atoms with van der Waals surface area (Å²) in [6.45, 7) is 21.1. The summed E-state index contributed by atoms with van der Waals surface area (Å²) in [5.74, 6) is 1.59. The van der Waals surface area contributed by atoms with Gasteiger partial charge in [0.05, 0.1) is 6.10 Å². The molecular formula is C26H45NO7Si. The van der Waals surface area contributed by atoms with Crippen molar-refractivity contribution in [1.82, 2.24) is 5.32 Å². The van der Waals surface area contributed by atoms with E-state index in [9.17, 15) is 14.7 Å². The minimum absolute atomic E-state index is 0.152. The highest BCUT2D eigenvalue weighted by molar-refractivity contribution is 6.74. The first-order chi connectivity index (χ1) is 15.9. The number of rotatable bonds is 10. The maximum atomic E-state index is 13.5. The highest BCUT2D eigenvalue weighted by Gasteiger charge is 2.49. The first-order valence-corrected chi connectivity index (χ1v) is 14.9. The SMILES string of the molecule is C#C[C@H]1O[C@H](C(O)NC(=O)[C@@H](O[Si](C)(C)C(C)(C)C)[C@H](CC(=C)C)OC)C[C@@H](OC(C)=O)C1(C)C. The third-order valence-electron chi connectivity index (χ3n) is 7.04. The Hall–Kier alpha value is -1.70. The van der Waals surface area contributed by atoms with Crippen LogP contribution in [-0.4, -0.2) is 69.2 Å². The number of hydrogen-bond acceptors (Lipinski definition) is 7. The van der Waals surface area contributed by atoms with E-state index in [4.69, 9.17) is 25.1 Å². The Morgan fingerprint density at radius 2 is 1.89 bits per heavy atom. The molecular weight excluding hydrogens is 466 g/mol. The molecule has 9 heteroatoms. The molecule has 1 heterocycles. The Balaban J connectivity index is 3.18. The van der Waals surface area contributed by atoms with Crippen LogP contribution in [0, 0.1) is 17.8 Å². The van der Waals surface area contributed by atoms with Gasteiger partial charge < -0.3 is 29.1 Å². The van der Waals surface area contributed by atoms with E-state index >= 15 is 0 Å². The molecule has 35 heavy (non-hydrogen) atoms. The minimum atomic E-state index is -2.38. The molecule has 2 N–H and O–H groups in total. The summed E-state index contributed by atoms with van der Waals surface area (Å²) in [6.07, 6.45) is 1.08. The molecule has 0 aromatic heterocycles. The van der Waals surface area contributed by atoms with E-state index in [-0.39, 0.29) is 11.5 Å². The number of hydrogen-bond donors (Lipinski definition) is 2. The van der Waals surface area contributed by atoms with Gasteiger partial charge in [-0.2, -0.15) is 0 Å². The number of methoxy groups -OCH3 is 1. The molecule has 8 nitrogen and oxygen atoms in total. The predicted octanol–water partition coefficient (Wildman–Crippen LogP) is 3.54. The smallest absolute Gasteiger partial charge is 0.302 e. The lowest BCUT2D eigenvalue weighted by Crippen LogP contribution is -2.60. The first-order valence-electron chi connectivity index (χ1n) is 12.0. The number of esters is 1. The second-order valence-corrected chi connectivity index (χ2v) is 16.3. The van der Waals surface area contributed by atoms with Crippen molar-refractivity contribution < 1.29 is 33.3 Å². The fourth-order valence-electron chi connectivity index (χ4n) is 3.72. The molecule has 0 spiro atoms. The number of amides is 1. The van der Waals surface area contributed by atoms with E-state index in [2.05, 4.69) is 38.6 Å². The minimum Gasteiger partial charge on any atom is -0.462 e. The lowest BCUT2D eigenvalue weighted by Gasteiger charge is -2.46. The monoisotopic (exact) mass is 511 g/mol. The fourth-order valence-corrected chi connectivity index (χ4v) is 4.96. The number of ether oxygens (including phenoxy) is 3. The Morgan fingerprint density at radius 3 is 2.31 bits per heavy atom. The third-order valence-corrected chi connectivity index (χ3v) is 11.5. The van der Waals surface area contributed by atoms with Crippen LogP contribution in [0.25, 0.3) is 0 Å². The zero-order valence-electron chi connectivity index (χ0n) is 23.1. The quantitative estimate of drug-likeness (QED) is 0.152. The second-order valence-electron chi connectivity index (χ2n) is 11.6. The Kier molecular flexibility index (Phi) is 10.8. The molecule has 1 amide bonds. The van der Waals surface area contributed by atoms with Crippen LogP contribution >= 0.6 is 0 Å². The summed E-state index contributed by atoms with van der Waals surface area (Å²) < 4.78 is 23.5. The van der Waals surface area contributed by atoms with Crippen LogP contribution in [0.3, 0.4) is 0 Å². The molecule has 1 rings (SSSR count). The highest BCUT2D eigenvalue weighted by Crippen LogP contribution is 2.40. The van der Waals surface area contributed by atoms with Crippen molar-refractivity contribution in [2.24, 2.45) is 5.41 Å². The van der Waals surface area contributed by atoms with E-state index in [0.717, 1.165) is 5.57 Å². The number of carbonyl (C=O) groups excluding carboxylic acids is 2. The van der Waals surface area contributed by atoms with Gasteiger partial charge in [0.25, 0.3) is 5.91 Å². The maximum absolute atomic E-state index is 13.5. The first kappa shape index (κ1) is 31.3. The number of aliphatic hydroxyl groups excluding tert-OH is 1. The molecule has 1 saturated heterocycles. The van der Waals surface area contributed by atoms with Crippen LogP contribution in [-0.2, 0) is 28.2 Å². The molecule has 0 aliphatic carbocycles. The fraction of sp³-hybridized carbons (Fsp3) is 0.769. The summed E-state index contributed by atoms with van der Waals surface area (Å²) in [5.41, 5.74) is 0.171. The van der Waals surface area contributed by atoms with Crippen molar-refractivity contribution in [2.75, 3.05) is 7.11 Å². The molecule has 0 aromatic carbocycles. The summed E-state index contributed by atoms with van der Waals surface area (Å²) in [5, 5.41) is 13.4. The van der Waals surface area contributed by atoms with Crippen molar-refractivity contribution in [3.05, 3.63) is 12.2 Å². The van der Waals surface area contributed by atoms with E-state index in [1.807, 2.05) is 33.9 Å². The maximum Gasteiger partial charge on any atom is 0.302 e. The molecule has 200 valence electrons. The van der Waals surface area contributed by atoms with E-state index < -0.39 is 62.4 Å². The molecule has 0 saturated carbocycles. The Morgan fingerprint density at radius 1 is 1.31 bits per heavy atom. The van der Waals surface area contributed by atoms with Crippen LogP contribution in [0.1, 0.15) is 61.3 Å². The van der Waals surface area contributed by atoms with E-state index in [1.54, 1.807) is 0 Å². The van der Waals surface area contributed by atoms with Crippen LogP contribution in [0.2, 0.25) is 18.1 Å². The van der Waals surface area contributed by atoms with Gasteiger partial charge in [-0.25, -0.2) is 0 Å². The molecule has 1 fully saturated rings. The van der Waals surface area contributed by atoms with Crippen molar-refractivity contribution >= 4 is 20.2 Å². The molecule has 6 atom stereocenters. The predicted molar refractivity (Wildman–Crippen MR) is 138 cm³/mol. The van der Waals surface area contributed by atoms with E-state index in [1.165, 1.54) is 14.0 Å². The average Bonchev–Trinajstić information content (AvgIpc) is 2.70. The van der Waals surface area contributed by atoms with Gasteiger partial charge in [-0.1, -0.05) is 46.1 Å². The zero-order chi connectivity index (χ0) is 27.4. The normalized spacial score (nSPS) is 25.0. The van der Waals surface area contributed by atoms with Gasteiger partial charge in [0.15, 0.2) is 20.6 Å². The summed E-state index contributed by atoms with van der Waals surface area (Å²) in [7, 11) is -0.863. The number of carbonyl (C=O) groups is 2.